The predicted molar refractivity (Wildman–Crippen MR) is 125 cm³/mol. The van der Waals surface area contributed by atoms with Crippen LogP contribution in [0.4, 0.5) is 17.3 Å². The number of hydrogen-bond acceptors (Lipinski definition) is 7. The van der Waals surface area contributed by atoms with E-state index in [1.807, 2.05) is 12.1 Å². The van der Waals surface area contributed by atoms with Gasteiger partial charge in [0.15, 0.2) is 17.3 Å². The van der Waals surface area contributed by atoms with Crippen molar-refractivity contribution in [2.45, 2.75) is 27.7 Å². The van der Waals surface area contributed by atoms with Crippen LogP contribution < -0.4 is 29.3 Å². The molecule has 2 aromatic rings. The average Bonchev–Trinajstić information content (AvgIpc) is 2.80. The first-order valence-corrected chi connectivity index (χ1v) is 10.6. The Morgan fingerprint density at radius 2 is 1.42 bits per heavy atom. The van der Waals surface area contributed by atoms with E-state index < -0.39 is 0 Å². The number of anilines is 3. The molecule has 0 saturated heterocycles. The molecule has 1 N–H and O–H groups in total. The summed E-state index contributed by atoms with van der Waals surface area (Å²) in [7, 11) is 4.57. The Bertz CT molecular complexity index is 855. The van der Waals surface area contributed by atoms with E-state index in [2.05, 4.69) is 42.8 Å². The molecular formula is C23H34N4O4. The molecule has 0 radical (unpaired) electrons. The van der Waals surface area contributed by atoms with Crippen LogP contribution in [-0.2, 0) is 0 Å². The van der Waals surface area contributed by atoms with Crippen LogP contribution in [0.5, 0.6) is 17.2 Å². The first kappa shape index (κ1) is 24.1. The van der Waals surface area contributed by atoms with E-state index in [9.17, 15) is 4.79 Å². The standard InChI is InChI=1S/C23H34N4O4/c1-8-26(9-2)20-13-12-17(22(25-20)27(10-3)11-4)24-23(28)16-14-18(29-5)21(31-7)19(15-16)30-6/h12-15H,8-11H2,1-7H3,(H,24,28). The lowest BCUT2D eigenvalue weighted by molar-refractivity contribution is 0.102. The number of hydrogen-bond donors (Lipinski definition) is 1. The Kier molecular flexibility index (Phi) is 8.78. The third-order valence-corrected chi connectivity index (χ3v) is 5.19. The molecule has 2 rings (SSSR count). The molecule has 8 nitrogen and oxygen atoms in total. The van der Waals surface area contributed by atoms with Crippen molar-refractivity contribution in [3.8, 4) is 17.2 Å². The van der Waals surface area contributed by atoms with Gasteiger partial charge < -0.3 is 29.3 Å². The number of benzene rings is 1. The second-order valence-electron chi connectivity index (χ2n) is 6.75. The van der Waals surface area contributed by atoms with Gasteiger partial charge in [0.1, 0.15) is 5.82 Å². The second-order valence-corrected chi connectivity index (χ2v) is 6.75. The van der Waals surface area contributed by atoms with Gasteiger partial charge in [0.2, 0.25) is 5.75 Å². The Morgan fingerprint density at radius 1 is 0.871 bits per heavy atom. The number of nitrogens with zero attached hydrogens (tertiary/aromatic N) is 3. The number of carbonyl (C=O) groups is 1. The predicted octanol–water partition coefficient (Wildman–Crippen LogP) is 4.05. The van der Waals surface area contributed by atoms with Crippen LogP contribution in [0, 0.1) is 0 Å². The summed E-state index contributed by atoms with van der Waals surface area (Å²) in [5.74, 6) is 2.63. The zero-order valence-corrected chi connectivity index (χ0v) is 19.6. The minimum absolute atomic E-state index is 0.287. The maximum absolute atomic E-state index is 13.1. The van der Waals surface area contributed by atoms with Crippen LogP contribution >= 0.6 is 0 Å². The van der Waals surface area contributed by atoms with Gasteiger partial charge in [-0.1, -0.05) is 0 Å². The quantitative estimate of drug-likeness (QED) is 0.576. The number of amides is 1. The van der Waals surface area contributed by atoms with E-state index in [1.54, 1.807) is 12.1 Å². The van der Waals surface area contributed by atoms with Crippen molar-refractivity contribution >= 4 is 23.2 Å². The van der Waals surface area contributed by atoms with Gasteiger partial charge in [-0.2, -0.15) is 0 Å². The summed E-state index contributed by atoms with van der Waals surface area (Å²) >= 11 is 0. The maximum atomic E-state index is 13.1. The molecule has 170 valence electrons. The molecule has 0 bridgehead atoms. The molecule has 0 saturated carbocycles. The molecule has 1 heterocycles. The fourth-order valence-corrected chi connectivity index (χ4v) is 3.43. The highest BCUT2D eigenvalue weighted by molar-refractivity contribution is 6.06. The van der Waals surface area contributed by atoms with Crippen LogP contribution in [0.15, 0.2) is 24.3 Å². The summed E-state index contributed by atoms with van der Waals surface area (Å²) < 4.78 is 16.1. The van der Waals surface area contributed by atoms with Crippen LogP contribution in [0.1, 0.15) is 38.1 Å². The van der Waals surface area contributed by atoms with E-state index in [1.165, 1.54) is 21.3 Å². The number of carbonyl (C=O) groups excluding carboxylic acids is 1. The van der Waals surface area contributed by atoms with Crippen molar-refractivity contribution < 1.29 is 19.0 Å². The zero-order valence-electron chi connectivity index (χ0n) is 19.6. The highest BCUT2D eigenvalue weighted by Gasteiger charge is 2.20. The number of rotatable bonds is 11. The SMILES string of the molecule is CCN(CC)c1ccc(NC(=O)c2cc(OC)c(OC)c(OC)c2)c(N(CC)CC)n1. The number of pyridine rings is 1. The maximum Gasteiger partial charge on any atom is 0.256 e. The normalized spacial score (nSPS) is 10.4. The minimum atomic E-state index is -0.287. The fraction of sp³-hybridized carbons (Fsp3) is 0.478. The molecule has 0 fully saturated rings. The van der Waals surface area contributed by atoms with Crippen molar-refractivity contribution in [2.24, 2.45) is 0 Å². The van der Waals surface area contributed by atoms with E-state index in [0.717, 1.165) is 37.8 Å². The Balaban J connectivity index is 2.46. The van der Waals surface area contributed by atoms with Crippen LogP contribution in [0.2, 0.25) is 0 Å². The van der Waals surface area contributed by atoms with Gasteiger partial charge in [-0.25, -0.2) is 4.98 Å². The zero-order chi connectivity index (χ0) is 23.0. The number of aromatic nitrogens is 1. The van der Waals surface area contributed by atoms with Crippen molar-refractivity contribution in [2.75, 3.05) is 62.6 Å². The van der Waals surface area contributed by atoms with Crippen LogP contribution in [-0.4, -0.2) is 58.4 Å². The molecule has 0 atom stereocenters. The largest absolute Gasteiger partial charge is 0.493 e. The Hall–Kier alpha value is -3.16. The van der Waals surface area contributed by atoms with E-state index in [-0.39, 0.29) is 5.91 Å². The molecule has 0 aliphatic heterocycles. The van der Waals surface area contributed by atoms with Crippen LogP contribution in [0.3, 0.4) is 0 Å². The first-order chi connectivity index (χ1) is 15.0. The van der Waals surface area contributed by atoms with Crippen molar-refractivity contribution in [3.05, 3.63) is 29.8 Å². The molecule has 0 aliphatic rings. The highest BCUT2D eigenvalue weighted by atomic mass is 16.5. The monoisotopic (exact) mass is 430 g/mol. The summed E-state index contributed by atoms with van der Waals surface area (Å²) in [6.07, 6.45) is 0. The molecule has 1 aromatic carbocycles. The lowest BCUT2D eigenvalue weighted by Gasteiger charge is -2.26. The van der Waals surface area contributed by atoms with Gasteiger partial charge in [0.25, 0.3) is 5.91 Å². The molecule has 1 aromatic heterocycles. The lowest BCUT2D eigenvalue weighted by atomic mass is 10.1. The molecule has 0 unspecified atom stereocenters. The molecular weight excluding hydrogens is 396 g/mol. The van der Waals surface area contributed by atoms with Crippen LogP contribution in [0.25, 0.3) is 0 Å². The number of methoxy groups -OCH3 is 3. The molecule has 0 aliphatic carbocycles. The third-order valence-electron chi connectivity index (χ3n) is 5.19. The Labute approximate surface area is 185 Å². The fourth-order valence-electron chi connectivity index (χ4n) is 3.43. The van der Waals surface area contributed by atoms with E-state index in [0.29, 0.717) is 28.5 Å². The van der Waals surface area contributed by atoms with E-state index >= 15 is 0 Å². The highest BCUT2D eigenvalue weighted by Crippen LogP contribution is 2.38. The van der Waals surface area contributed by atoms with Gasteiger partial charge in [0.05, 0.1) is 27.0 Å². The number of ether oxygens (including phenoxy) is 3. The van der Waals surface area contributed by atoms with Gasteiger partial charge in [-0.05, 0) is 52.0 Å². The summed E-state index contributed by atoms with van der Waals surface area (Å²) in [5.41, 5.74) is 1.05. The third kappa shape index (κ3) is 5.31. The van der Waals surface area contributed by atoms with Gasteiger partial charge in [-0.15, -0.1) is 0 Å². The molecule has 31 heavy (non-hydrogen) atoms. The van der Waals surface area contributed by atoms with Crippen molar-refractivity contribution in [3.63, 3.8) is 0 Å². The second kappa shape index (κ2) is 11.3. The smallest absolute Gasteiger partial charge is 0.256 e. The summed E-state index contributed by atoms with van der Waals surface area (Å²) in [6, 6.07) is 7.10. The summed E-state index contributed by atoms with van der Waals surface area (Å²) in [6.45, 7) is 11.6. The number of nitrogens with one attached hydrogen (secondary N) is 1. The van der Waals surface area contributed by atoms with Crippen molar-refractivity contribution in [1.82, 2.24) is 4.98 Å². The van der Waals surface area contributed by atoms with Gasteiger partial charge in [-0.3, -0.25) is 4.79 Å². The first-order valence-electron chi connectivity index (χ1n) is 10.6. The lowest BCUT2D eigenvalue weighted by Crippen LogP contribution is -2.28. The summed E-state index contributed by atoms with van der Waals surface area (Å²) in [5, 5.41) is 3.00. The van der Waals surface area contributed by atoms with Crippen molar-refractivity contribution in [1.29, 1.82) is 0 Å². The average molecular weight is 431 g/mol. The topological polar surface area (TPSA) is 76.2 Å². The molecule has 1 amide bonds. The molecule has 8 heteroatoms. The Morgan fingerprint density at radius 3 is 1.87 bits per heavy atom. The minimum Gasteiger partial charge on any atom is -0.493 e. The van der Waals surface area contributed by atoms with Gasteiger partial charge >= 0.3 is 0 Å². The van der Waals surface area contributed by atoms with E-state index in [4.69, 9.17) is 19.2 Å². The molecule has 0 spiro atoms. The van der Waals surface area contributed by atoms with Gasteiger partial charge in [0, 0.05) is 31.7 Å². The summed E-state index contributed by atoms with van der Waals surface area (Å²) in [4.78, 5) is 22.3.